The van der Waals surface area contributed by atoms with Gasteiger partial charge in [-0.25, -0.2) is 4.79 Å². The van der Waals surface area contributed by atoms with Gasteiger partial charge in [-0.1, -0.05) is 0 Å². The number of nitrogens with one attached hydrogen (secondary N) is 1. The summed E-state index contributed by atoms with van der Waals surface area (Å²) in [6.45, 7) is 1.45. The second kappa shape index (κ2) is 8.39. The summed E-state index contributed by atoms with van der Waals surface area (Å²) in [5.74, 6) is -0.867. The molecule has 3 rings (SSSR count). The minimum Gasteiger partial charge on any atom is -0.495 e. The molecule has 1 heterocycles. The number of carbonyl (C=O) groups excluding carboxylic acids is 2. The molecule has 1 aliphatic carbocycles. The predicted octanol–water partition coefficient (Wildman–Crippen LogP) is 3.73. The van der Waals surface area contributed by atoms with Crippen LogP contribution in [0.3, 0.4) is 0 Å². The van der Waals surface area contributed by atoms with E-state index in [0.29, 0.717) is 5.56 Å². The number of nitro groups is 1. The number of ether oxygens (including phenoxy) is 2. The number of anilines is 1. The molecule has 1 atom stereocenters. The first kappa shape index (κ1) is 19.8. The number of aryl methyl sites for hydroxylation is 1. The summed E-state index contributed by atoms with van der Waals surface area (Å²) in [5, 5.41) is 15.3. The SMILES string of the molecule is COc1ccc([N+](=O)[O-])cc1NC(=O)C(C)OC(=O)c1csc2c1CCCC2. The van der Waals surface area contributed by atoms with Crippen molar-refractivity contribution >= 4 is 34.6 Å². The van der Waals surface area contributed by atoms with Gasteiger partial charge in [0.2, 0.25) is 0 Å². The zero-order valence-corrected chi connectivity index (χ0v) is 16.3. The highest BCUT2D eigenvalue weighted by Gasteiger charge is 2.25. The van der Waals surface area contributed by atoms with E-state index in [0.717, 1.165) is 31.2 Å². The lowest BCUT2D eigenvalue weighted by molar-refractivity contribution is -0.384. The van der Waals surface area contributed by atoms with Crippen LogP contribution in [0.1, 0.15) is 40.6 Å². The third kappa shape index (κ3) is 4.14. The van der Waals surface area contributed by atoms with Gasteiger partial charge in [-0.2, -0.15) is 0 Å². The second-order valence-corrected chi connectivity index (χ2v) is 7.40. The summed E-state index contributed by atoms with van der Waals surface area (Å²) >= 11 is 1.55. The molecular weight excluding hydrogens is 384 g/mol. The van der Waals surface area contributed by atoms with Crippen molar-refractivity contribution in [1.82, 2.24) is 0 Å². The van der Waals surface area contributed by atoms with Gasteiger partial charge in [0.1, 0.15) is 5.75 Å². The van der Waals surface area contributed by atoms with E-state index < -0.39 is 22.9 Å². The number of fused-ring (bicyclic) bond motifs is 1. The number of amides is 1. The van der Waals surface area contributed by atoms with Crippen LogP contribution in [-0.4, -0.2) is 30.0 Å². The van der Waals surface area contributed by atoms with Crippen LogP contribution >= 0.6 is 11.3 Å². The number of thiophene rings is 1. The minimum absolute atomic E-state index is 0.137. The summed E-state index contributed by atoms with van der Waals surface area (Å²) in [5.41, 5.74) is 1.49. The van der Waals surface area contributed by atoms with E-state index in [1.807, 2.05) is 0 Å². The topological polar surface area (TPSA) is 108 Å². The quantitative estimate of drug-likeness (QED) is 0.446. The number of esters is 1. The van der Waals surface area contributed by atoms with E-state index in [2.05, 4.69) is 5.32 Å². The fraction of sp³-hybridized carbons (Fsp3) is 0.368. The molecule has 1 N–H and O–H groups in total. The Labute approximate surface area is 165 Å². The maximum Gasteiger partial charge on any atom is 0.340 e. The summed E-state index contributed by atoms with van der Waals surface area (Å²) < 4.78 is 10.4. The smallest absolute Gasteiger partial charge is 0.340 e. The van der Waals surface area contributed by atoms with Crippen LogP contribution in [0, 0.1) is 10.1 Å². The average molecular weight is 404 g/mol. The van der Waals surface area contributed by atoms with Crippen LogP contribution in [0.2, 0.25) is 0 Å². The van der Waals surface area contributed by atoms with E-state index in [1.54, 1.807) is 16.7 Å². The highest BCUT2D eigenvalue weighted by atomic mass is 32.1. The third-order valence-electron chi connectivity index (χ3n) is 4.59. The molecule has 148 valence electrons. The lowest BCUT2D eigenvalue weighted by atomic mass is 9.96. The number of nitrogens with zero attached hydrogens (tertiary/aromatic N) is 1. The Morgan fingerprint density at radius 3 is 2.75 bits per heavy atom. The second-order valence-electron chi connectivity index (χ2n) is 6.44. The third-order valence-corrected chi connectivity index (χ3v) is 5.67. The van der Waals surface area contributed by atoms with Crippen LogP contribution in [0.25, 0.3) is 0 Å². The molecule has 9 heteroatoms. The first-order valence-electron chi connectivity index (χ1n) is 8.84. The Kier molecular flexibility index (Phi) is 5.93. The number of rotatable bonds is 6. The van der Waals surface area contributed by atoms with Crippen LogP contribution in [-0.2, 0) is 22.4 Å². The summed E-state index contributed by atoms with van der Waals surface area (Å²) in [6, 6.07) is 3.86. The molecule has 0 saturated heterocycles. The average Bonchev–Trinajstić information content (AvgIpc) is 3.12. The standard InChI is InChI=1S/C19H20N2O6S/c1-11(27-19(23)14-10-28-17-6-4-3-5-13(14)17)18(22)20-15-9-12(21(24)25)7-8-16(15)26-2/h7-11H,3-6H2,1-2H3,(H,20,22). The van der Waals surface area contributed by atoms with Crippen molar-refractivity contribution in [1.29, 1.82) is 0 Å². The highest BCUT2D eigenvalue weighted by molar-refractivity contribution is 7.10. The van der Waals surface area contributed by atoms with E-state index >= 15 is 0 Å². The molecule has 1 aromatic heterocycles. The number of benzene rings is 1. The van der Waals surface area contributed by atoms with Crippen LogP contribution in [0.15, 0.2) is 23.6 Å². The predicted molar refractivity (Wildman–Crippen MR) is 104 cm³/mol. The fourth-order valence-corrected chi connectivity index (χ4v) is 4.20. The van der Waals surface area contributed by atoms with E-state index in [4.69, 9.17) is 9.47 Å². The van der Waals surface area contributed by atoms with Crippen LogP contribution < -0.4 is 10.1 Å². The minimum atomic E-state index is -1.07. The maximum absolute atomic E-state index is 12.5. The largest absolute Gasteiger partial charge is 0.495 e. The molecule has 0 spiro atoms. The Morgan fingerprint density at radius 1 is 1.29 bits per heavy atom. The Bertz CT molecular complexity index is 923. The molecule has 1 aromatic carbocycles. The van der Waals surface area contributed by atoms with Crippen molar-refractivity contribution in [3.63, 3.8) is 0 Å². The van der Waals surface area contributed by atoms with Gasteiger partial charge in [0.15, 0.2) is 6.10 Å². The normalized spacial score (nSPS) is 13.9. The van der Waals surface area contributed by atoms with E-state index in [-0.39, 0.29) is 17.1 Å². The Morgan fingerprint density at radius 2 is 2.04 bits per heavy atom. The van der Waals surface area contributed by atoms with Crippen molar-refractivity contribution in [3.05, 3.63) is 49.7 Å². The van der Waals surface area contributed by atoms with Gasteiger partial charge in [0.05, 0.1) is 23.3 Å². The van der Waals surface area contributed by atoms with Gasteiger partial charge < -0.3 is 14.8 Å². The molecule has 8 nitrogen and oxygen atoms in total. The Hall–Kier alpha value is -2.94. The van der Waals surface area contributed by atoms with Gasteiger partial charge in [-0.05, 0) is 44.2 Å². The van der Waals surface area contributed by atoms with Crippen molar-refractivity contribution in [2.45, 2.75) is 38.7 Å². The molecule has 2 aromatic rings. The summed E-state index contributed by atoms with van der Waals surface area (Å²) in [7, 11) is 1.39. The molecule has 1 aliphatic rings. The molecule has 0 saturated carbocycles. The fourth-order valence-electron chi connectivity index (χ4n) is 3.08. The number of nitro benzene ring substituents is 1. The van der Waals surface area contributed by atoms with Crippen molar-refractivity contribution < 1.29 is 24.0 Å². The lowest BCUT2D eigenvalue weighted by Gasteiger charge is -2.16. The van der Waals surface area contributed by atoms with Gasteiger partial charge in [-0.3, -0.25) is 14.9 Å². The zero-order valence-electron chi connectivity index (χ0n) is 15.5. The maximum atomic E-state index is 12.5. The van der Waals surface area contributed by atoms with Crippen molar-refractivity contribution in [3.8, 4) is 5.75 Å². The first-order valence-corrected chi connectivity index (χ1v) is 9.72. The van der Waals surface area contributed by atoms with Gasteiger partial charge in [-0.15, -0.1) is 11.3 Å². The zero-order chi connectivity index (χ0) is 20.3. The molecule has 28 heavy (non-hydrogen) atoms. The van der Waals surface area contributed by atoms with Gasteiger partial charge in [0, 0.05) is 22.4 Å². The van der Waals surface area contributed by atoms with Gasteiger partial charge in [0.25, 0.3) is 11.6 Å². The van der Waals surface area contributed by atoms with Crippen molar-refractivity contribution in [2.75, 3.05) is 12.4 Å². The summed E-state index contributed by atoms with van der Waals surface area (Å²) in [6.07, 6.45) is 2.89. The lowest BCUT2D eigenvalue weighted by Crippen LogP contribution is -2.30. The Balaban J connectivity index is 1.70. The molecule has 0 bridgehead atoms. The molecule has 0 fully saturated rings. The van der Waals surface area contributed by atoms with Gasteiger partial charge >= 0.3 is 5.97 Å². The highest BCUT2D eigenvalue weighted by Crippen LogP contribution is 2.31. The molecule has 1 amide bonds. The number of carbonyl (C=O) groups is 2. The monoisotopic (exact) mass is 404 g/mol. The van der Waals surface area contributed by atoms with E-state index in [1.165, 1.54) is 37.1 Å². The molecular formula is C19H20N2O6S. The van der Waals surface area contributed by atoms with E-state index in [9.17, 15) is 19.7 Å². The van der Waals surface area contributed by atoms with Crippen molar-refractivity contribution in [2.24, 2.45) is 0 Å². The molecule has 0 aliphatic heterocycles. The number of hydrogen-bond acceptors (Lipinski definition) is 7. The molecule has 1 unspecified atom stereocenters. The number of methoxy groups -OCH3 is 1. The first-order chi connectivity index (χ1) is 13.4. The summed E-state index contributed by atoms with van der Waals surface area (Å²) in [4.78, 5) is 36.5. The van der Waals surface area contributed by atoms with Crippen LogP contribution in [0.5, 0.6) is 5.75 Å². The van der Waals surface area contributed by atoms with Crippen LogP contribution in [0.4, 0.5) is 11.4 Å². The number of non-ortho nitro benzene ring substituents is 1. The molecule has 0 radical (unpaired) electrons. The number of hydrogen-bond donors (Lipinski definition) is 1.